The van der Waals surface area contributed by atoms with Crippen LogP contribution < -0.4 is 4.90 Å². The van der Waals surface area contributed by atoms with Gasteiger partial charge < -0.3 is 19.4 Å². The summed E-state index contributed by atoms with van der Waals surface area (Å²) in [5.74, 6) is 0. The minimum absolute atomic E-state index is 0.0777. The van der Waals surface area contributed by atoms with Gasteiger partial charge in [0.2, 0.25) is 0 Å². The van der Waals surface area contributed by atoms with Gasteiger partial charge >= 0.3 is 6.09 Å². The Labute approximate surface area is 180 Å². The quantitative estimate of drug-likeness (QED) is 0.732. The molecule has 30 heavy (non-hydrogen) atoms. The topological polar surface area (TPSA) is 36.0 Å². The van der Waals surface area contributed by atoms with Gasteiger partial charge in [-0.1, -0.05) is 43.3 Å². The molecule has 5 heteroatoms. The molecule has 0 spiro atoms. The fourth-order valence-electron chi connectivity index (χ4n) is 4.63. The molecule has 0 radical (unpaired) electrons. The molecule has 0 aromatic heterocycles. The number of carbonyl (C=O) groups is 1. The van der Waals surface area contributed by atoms with E-state index in [1.54, 1.807) is 4.90 Å². The van der Waals surface area contributed by atoms with Crippen molar-refractivity contribution >= 4 is 11.8 Å². The lowest BCUT2D eigenvalue weighted by atomic mass is 9.86. The van der Waals surface area contributed by atoms with Crippen LogP contribution in [0.2, 0.25) is 0 Å². The largest absolute Gasteiger partial charge is 0.445 e. The maximum atomic E-state index is 12.8. The van der Waals surface area contributed by atoms with E-state index in [-0.39, 0.29) is 12.1 Å². The van der Waals surface area contributed by atoms with Crippen LogP contribution in [0.5, 0.6) is 0 Å². The summed E-state index contributed by atoms with van der Waals surface area (Å²) in [4.78, 5) is 19.5. The molecular weight excluding hydrogens is 374 g/mol. The number of amides is 1. The molecule has 1 atom stereocenters. The molecule has 0 saturated carbocycles. The third-order valence-electron chi connectivity index (χ3n) is 6.56. The second kappa shape index (κ2) is 9.52. The van der Waals surface area contributed by atoms with Gasteiger partial charge in [0, 0.05) is 38.9 Å². The monoisotopic (exact) mass is 407 g/mol. The van der Waals surface area contributed by atoms with Gasteiger partial charge in [-0.2, -0.15) is 0 Å². The summed E-state index contributed by atoms with van der Waals surface area (Å²) in [5, 5.41) is 0. The Hall–Kier alpha value is -2.53. The molecule has 5 nitrogen and oxygen atoms in total. The molecule has 0 bridgehead atoms. The lowest BCUT2D eigenvalue weighted by Gasteiger charge is -2.37. The number of ether oxygens (including phenoxy) is 1. The van der Waals surface area contributed by atoms with Crippen molar-refractivity contribution in [2.75, 3.05) is 44.7 Å². The van der Waals surface area contributed by atoms with E-state index in [0.717, 1.165) is 57.5 Å². The van der Waals surface area contributed by atoms with Crippen molar-refractivity contribution in [1.29, 1.82) is 0 Å². The van der Waals surface area contributed by atoms with E-state index in [1.807, 2.05) is 37.4 Å². The van der Waals surface area contributed by atoms with Gasteiger partial charge in [-0.25, -0.2) is 4.79 Å². The normalized spacial score (nSPS) is 19.3. The molecule has 1 fully saturated rings. The second-order valence-electron chi connectivity index (χ2n) is 8.36. The molecule has 1 saturated heterocycles. The molecule has 1 heterocycles. The van der Waals surface area contributed by atoms with E-state index in [0.29, 0.717) is 6.61 Å². The summed E-state index contributed by atoms with van der Waals surface area (Å²) < 4.78 is 5.60. The van der Waals surface area contributed by atoms with Crippen molar-refractivity contribution in [3.8, 4) is 0 Å². The lowest BCUT2D eigenvalue weighted by molar-refractivity contribution is 0.0876. The van der Waals surface area contributed by atoms with Crippen LogP contribution >= 0.6 is 0 Å². The predicted molar refractivity (Wildman–Crippen MR) is 121 cm³/mol. The van der Waals surface area contributed by atoms with Crippen LogP contribution in [0.1, 0.15) is 42.5 Å². The summed E-state index contributed by atoms with van der Waals surface area (Å²) >= 11 is 0. The van der Waals surface area contributed by atoms with Crippen molar-refractivity contribution < 1.29 is 9.53 Å². The Morgan fingerprint density at radius 2 is 1.87 bits per heavy atom. The first-order valence-corrected chi connectivity index (χ1v) is 11.2. The summed E-state index contributed by atoms with van der Waals surface area (Å²) in [6, 6.07) is 16.8. The van der Waals surface area contributed by atoms with E-state index >= 15 is 0 Å². The van der Waals surface area contributed by atoms with Crippen LogP contribution in [0.25, 0.3) is 0 Å². The van der Waals surface area contributed by atoms with Gasteiger partial charge in [-0.05, 0) is 54.6 Å². The third-order valence-corrected chi connectivity index (χ3v) is 6.56. The minimum atomic E-state index is -0.251. The number of fused-ring (bicyclic) bond motifs is 1. The minimum Gasteiger partial charge on any atom is -0.445 e. The number of rotatable bonds is 5. The van der Waals surface area contributed by atoms with Gasteiger partial charge in [0.05, 0.1) is 6.04 Å². The highest BCUT2D eigenvalue weighted by Crippen LogP contribution is 2.36. The smallest absolute Gasteiger partial charge is 0.410 e. The van der Waals surface area contributed by atoms with Gasteiger partial charge in [-0.15, -0.1) is 0 Å². The number of aryl methyl sites for hydroxylation is 1. The molecule has 1 unspecified atom stereocenters. The zero-order valence-electron chi connectivity index (χ0n) is 18.2. The average molecular weight is 408 g/mol. The first kappa shape index (κ1) is 20.7. The Kier molecular flexibility index (Phi) is 6.58. The number of benzene rings is 2. The average Bonchev–Trinajstić information content (AvgIpc) is 2.82. The maximum absolute atomic E-state index is 12.8. The van der Waals surface area contributed by atoms with Crippen LogP contribution in [0.4, 0.5) is 10.5 Å². The van der Waals surface area contributed by atoms with Crippen LogP contribution in [0.3, 0.4) is 0 Å². The Balaban J connectivity index is 1.46. The van der Waals surface area contributed by atoms with E-state index in [9.17, 15) is 4.79 Å². The molecule has 1 aliphatic heterocycles. The predicted octanol–water partition coefficient (Wildman–Crippen LogP) is 4.47. The zero-order chi connectivity index (χ0) is 20.9. The maximum Gasteiger partial charge on any atom is 0.410 e. The Bertz CT molecular complexity index is 847. The highest BCUT2D eigenvalue weighted by Gasteiger charge is 2.28. The van der Waals surface area contributed by atoms with Gasteiger partial charge in [0.1, 0.15) is 6.61 Å². The van der Waals surface area contributed by atoms with Crippen molar-refractivity contribution in [3.05, 3.63) is 65.2 Å². The number of nitrogens with zero attached hydrogens (tertiary/aromatic N) is 3. The Morgan fingerprint density at radius 1 is 1.10 bits per heavy atom. The van der Waals surface area contributed by atoms with Crippen molar-refractivity contribution in [1.82, 2.24) is 9.80 Å². The summed E-state index contributed by atoms with van der Waals surface area (Å²) in [7, 11) is 1.87. The van der Waals surface area contributed by atoms with Gasteiger partial charge in [-0.3, -0.25) is 0 Å². The number of hydrogen-bond acceptors (Lipinski definition) is 4. The Morgan fingerprint density at radius 3 is 2.60 bits per heavy atom. The second-order valence-corrected chi connectivity index (χ2v) is 8.36. The molecule has 2 aromatic rings. The fourth-order valence-corrected chi connectivity index (χ4v) is 4.63. The van der Waals surface area contributed by atoms with Crippen LogP contribution in [-0.2, 0) is 17.8 Å². The molecule has 160 valence electrons. The van der Waals surface area contributed by atoms with Crippen molar-refractivity contribution in [3.63, 3.8) is 0 Å². The van der Waals surface area contributed by atoms with Crippen molar-refractivity contribution in [2.45, 2.75) is 38.8 Å². The van der Waals surface area contributed by atoms with E-state index in [2.05, 4.69) is 34.9 Å². The molecule has 1 aliphatic carbocycles. The SMILES string of the molecule is CCN1CCN(c2ccc3c(c2)C(N(C)C(=O)OCc2ccccc2)CCC3)CC1. The molecule has 1 amide bonds. The number of piperazine rings is 1. The number of carbonyl (C=O) groups excluding carboxylic acids is 1. The van der Waals surface area contributed by atoms with Gasteiger partial charge in [0.15, 0.2) is 0 Å². The standard InChI is InChI=1S/C25H33N3O2/c1-3-27-14-16-28(17-15-27)22-13-12-21-10-7-11-24(23(21)18-22)26(2)25(29)30-19-20-8-5-4-6-9-20/h4-6,8-9,12-13,18,24H,3,7,10-11,14-17,19H2,1-2H3. The third kappa shape index (κ3) is 4.62. The number of likely N-dealkylation sites (N-methyl/N-ethyl adjacent to an activating group) is 1. The highest BCUT2D eigenvalue weighted by atomic mass is 16.6. The van der Waals surface area contributed by atoms with E-state index in [1.165, 1.54) is 16.8 Å². The molecule has 0 N–H and O–H groups in total. The molecule has 2 aromatic carbocycles. The van der Waals surface area contributed by atoms with Crippen LogP contribution in [0, 0.1) is 0 Å². The first-order valence-electron chi connectivity index (χ1n) is 11.2. The molecule has 2 aliphatic rings. The lowest BCUT2D eigenvalue weighted by Crippen LogP contribution is -2.46. The van der Waals surface area contributed by atoms with Crippen LogP contribution in [-0.4, -0.2) is 55.7 Å². The fraction of sp³-hybridized carbons (Fsp3) is 0.480. The summed E-state index contributed by atoms with van der Waals surface area (Å²) in [5.41, 5.74) is 4.94. The van der Waals surface area contributed by atoms with Gasteiger partial charge in [0.25, 0.3) is 0 Å². The van der Waals surface area contributed by atoms with E-state index in [4.69, 9.17) is 4.74 Å². The van der Waals surface area contributed by atoms with Crippen molar-refractivity contribution in [2.24, 2.45) is 0 Å². The van der Waals surface area contributed by atoms with Crippen LogP contribution in [0.15, 0.2) is 48.5 Å². The number of hydrogen-bond donors (Lipinski definition) is 0. The van der Waals surface area contributed by atoms with E-state index < -0.39 is 0 Å². The molecular formula is C25H33N3O2. The summed E-state index contributed by atoms with van der Waals surface area (Å²) in [6.07, 6.45) is 2.92. The molecule has 4 rings (SSSR count). The number of anilines is 1. The highest BCUT2D eigenvalue weighted by molar-refractivity contribution is 5.68. The zero-order valence-corrected chi connectivity index (χ0v) is 18.2. The first-order chi connectivity index (χ1) is 14.7. The summed E-state index contributed by atoms with van der Waals surface area (Å²) in [6.45, 7) is 8.01.